The van der Waals surface area contributed by atoms with Crippen molar-refractivity contribution in [2.75, 3.05) is 13.2 Å². The number of hydrogen-bond donors (Lipinski definition) is 2. The molecule has 1 spiro atoms. The number of aromatic amines is 1. The van der Waals surface area contributed by atoms with Crippen molar-refractivity contribution in [3.63, 3.8) is 0 Å². The summed E-state index contributed by atoms with van der Waals surface area (Å²) in [6.45, 7) is 0.741. The van der Waals surface area contributed by atoms with Crippen LogP contribution in [0.15, 0.2) is 41.5 Å². The van der Waals surface area contributed by atoms with Crippen LogP contribution < -0.4 is 5.56 Å². The van der Waals surface area contributed by atoms with Crippen LogP contribution >= 0.6 is 11.6 Å². The van der Waals surface area contributed by atoms with E-state index in [0.717, 1.165) is 30.5 Å². The van der Waals surface area contributed by atoms with Crippen molar-refractivity contribution in [2.24, 2.45) is 0 Å². The van der Waals surface area contributed by atoms with E-state index in [0.29, 0.717) is 29.3 Å². The Kier molecular flexibility index (Phi) is 4.15. The maximum atomic E-state index is 12.0. The number of carbonyl (C=O) groups is 1. The number of amides is 1. The third kappa shape index (κ3) is 2.90. The maximum Gasteiger partial charge on any atom is 0.407 e. The Hall–Kier alpha value is -2.84. The lowest BCUT2D eigenvalue weighted by Crippen LogP contribution is -2.57. The number of ether oxygens (including phenoxy) is 1. The summed E-state index contributed by atoms with van der Waals surface area (Å²) in [6, 6.07) is 8.65. The Balaban J connectivity index is 1.48. The zero-order chi connectivity index (χ0) is 20.2. The van der Waals surface area contributed by atoms with E-state index in [-0.39, 0.29) is 17.2 Å². The second-order valence-corrected chi connectivity index (χ2v) is 8.02. The number of rotatable bonds is 2. The fourth-order valence-corrected chi connectivity index (χ4v) is 4.53. The second-order valence-electron chi connectivity index (χ2n) is 7.64. The van der Waals surface area contributed by atoms with Gasteiger partial charge in [-0.3, -0.25) is 14.3 Å². The molecule has 2 aromatic heterocycles. The van der Waals surface area contributed by atoms with Crippen molar-refractivity contribution in [3.8, 4) is 5.69 Å². The quantitative estimate of drug-likeness (QED) is 0.669. The van der Waals surface area contributed by atoms with Crippen LogP contribution in [-0.2, 0) is 4.74 Å². The molecular weight excluding hydrogens is 396 g/mol. The van der Waals surface area contributed by atoms with E-state index in [1.165, 1.54) is 11.2 Å². The summed E-state index contributed by atoms with van der Waals surface area (Å²) in [7, 11) is 0. The Bertz CT molecular complexity index is 1150. The van der Waals surface area contributed by atoms with Gasteiger partial charge in [-0.25, -0.2) is 9.78 Å². The van der Waals surface area contributed by atoms with Gasteiger partial charge in [-0.1, -0.05) is 23.7 Å². The molecule has 3 heterocycles. The van der Waals surface area contributed by atoms with Crippen LogP contribution in [0, 0.1) is 0 Å². The summed E-state index contributed by atoms with van der Waals surface area (Å²) < 4.78 is 7.75. The zero-order valence-electron chi connectivity index (χ0n) is 15.5. The molecule has 1 saturated carbocycles. The molecule has 5 rings (SSSR count). The number of benzene rings is 1. The number of nitrogens with zero attached hydrogens (tertiary/aromatic N) is 3. The first-order chi connectivity index (χ1) is 14.0. The highest BCUT2D eigenvalue weighted by Crippen LogP contribution is 2.42. The first kappa shape index (κ1) is 18.2. The summed E-state index contributed by atoms with van der Waals surface area (Å²) in [6.07, 6.45) is 3.31. The van der Waals surface area contributed by atoms with Gasteiger partial charge in [0.1, 0.15) is 5.15 Å². The molecule has 8 nitrogen and oxygen atoms in total. The SMILES string of the molecule is O=C(O)N1CC2(CCC2)OCC1c1ccc(-n2c(Cl)cc3c(=O)[nH]cnc32)cc1. The van der Waals surface area contributed by atoms with Crippen LogP contribution in [0.1, 0.15) is 30.9 Å². The molecule has 1 unspecified atom stereocenters. The Morgan fingerprint density at radius 3 is 2.72 bits per heavy atom. The van der Waals surface area contributed by atoms with Gasteiger partial charge in [0.15, 0.2) is 5.65 Å². The highest BCUT2D eigenvalue weighted by molar-refractivity contribution is 6.31. The Labute approximate surface area is 170 Å². The molecule has 1 atom stereocenters. The molecule has 9 heteroatoms. The first-order valence-corrected chi connectivity index (χ1v) is 9.84. The number of H-pyrrole nitrogens is 1. The molecule has 1 aromatic carbocycles. The fourth-order valence-electron chi connectivity index (χ4n) is 4.25. The largest absolute Gasteiger partial charge is 0.465 e. The lowest BCUT2D eigenvalue weighted by molar-refractivity contribution is -0.164. The second kappa shape index (κ2) is 6.60. The van der Waals surface area contributed by atoms with Gasteiger partial charge in [-0.05, 0) is 43.0 Å². The average Bonchev–Trinajstić information content (AvgIpc) is 3.04. The molecule has 0 radical (unpaired) electrons. The van der Waals surface area contributed by atoms with E-state index < -0.39 is 6.09 Å². The van der Waals surface area contributed by atoms with E-state index in [9.17, 15) is 14.7 Å². The summed E-state index contributed by atoms with van der Waals surface area (Å²) in [5.41, 5.74) is 1.50. The first-order valence-electron chi connectivity index (χ1n) is 9.46. The van der Waals surface area contributed by atoms with Crippen molar-refractivity contribution in [1.29, 1.82) is 0 Å². The van der Waals surface area contributed by atoms with E-state index in [4.69, 9.17) is 16.3 Å². The molecule has 0 bridgehead atoms. The molecule has 150 valence electrons. The zero-order valence-corrected chi connectivity index (χ0v) is 16.2. The third-order valence-electron chi connectivity index (χ3n) is 5.99. The number of morpholine rings is 1. The minimum Gasteiger partial charge on any atom is -0.465 e. The molecule has 29 heavy (non-hydrogen) atoms. The molecule has 2 aliphatic rings. The number of hydrogen-bond acceptors (Lipinski definition) is 4. The van der Waals surface area contributed by atoms with Gasteiger partial charge in [0.25, 0.3) is 5.56 Å². The third-order valence-corrected chi connectivity index (χ3v) is 6.26. The van der Waals surface area contributed by atoms with E-state index in [1.54, 1.807) is 10.6 Å². The van der Waals surface area contributed by atoms with Gasteiger partial charge in [-0.2, -0.15) is 0 Å². The van der Waals surface area contributed by atoms with Crippen LogP contribution in [0.5, 0.6) is 0 Å². The van der Waals surface area contributed by atoms with Crippen molar-refractivity contribution in [1.82, 2.24) is 19.4 Å². The van der Waals surface area contributed by atoms with Crippen LogP contribution in [0.4, 0.5) is 4.79 Å². The predicted octanol–water partition coefficient (Wildman–Crippen LogP) is 3.34. The van der Waals surface area contributed by atoms with Crippen molar-refractivity contribution in [3.05, 3.63) is 57.7 Å². The highest BCUT2D eigenvalue weighted by atomic mass is 35.5. The van der Waals surface area contributed by atoms with Gasteiger partial charge in [0.2, 0.25) is 0 Å². The van der Waals surface area contributed by atoms with Crippen molar-refractivity contribution in [2.45, 2.75) is 30.9 Å². The number of nitrogens with one attached hydrogen (secondary N) is 1. The van der Waals surface area contributed by atoms with Gasteiger partial charge >= 0.3 is 6.09 Å². The fraction of sp³-hybridized carbons (Fsp3) is 0.350. The maximum absolute atomic E-state index is 12.0. The van der Waals surface area contributed by atoms with Crippen LogP contribution in [0.2, 0.25) is 5.15 Å². The summed E-state index contributed by atoms with van der Waals surface area (Å²) in [5.74, 6) is 0. The summed E-state index contributed by atoms with van der Waals surface area (Å²) >= 11 is 6.35. The predicted molar refractivity (Wildman–Crippen MR) is 107 cm³/mol. The van der Waals surface area contributed by atoms with E-state index in [2.05, 4.69) is 9.97 Å². The standard InChI is InChI=1S/C20H19ClN4O4/c21-16-8-14-17(22-11-23-18(14)26)25(16)13-4-2-12(3-5-13)15-9-29-20(6-1-7-20)10-24(15)19(27)28/h2-5,8,11,15H,1,6-7,9-10H2,(H,27,28)(H,22,23,26). The lowest BCUT2D eigenvalue weighted by Gasteiger charge is -2.50. The minimum atomic E-state index is -0.934. The van der Waals surface area contributed by atoms with Crippen molar-refractivity contribution >= 4 is 28.7 Å². The summed E-state index contributed by atoms with van der Waals surface area (Å²) in [5, 5.41) is 10.5. The monoisotopic (exact) mass is 414 g/mol. The molecule has 1 aliphatic carbocycles. The molecule has 1 amide bonds. The molecule has 2 fully saturated rings. The number of halogens is 1. The van der Waals surface area contributed by atoms with Crippen LogP contribution in [0.3, 0.4) is 0 Å². The number of aromatic nitrogens is 3. The molecule has 3 aromatic rings. The van der Waals surface area contributed by atoms with Gasteiger partial charge in [0, 0.05) is 5.69 Å². The number of carboxylic acid groups (broad SMARTS) is 1. The topological polar surface area (TPSA) is 100 Å². The normalized spacial score (nSPS) is 20.7. The van der Waals surface area contributed by atoms with Gasteiger partial charge in [0.05, 0.1) is 36.5 Å². The van der Waals surface area contributed by atoms with Crippen LogP contribution in [0.25, 0.3) is 16.7 Å². The molecular formula is C20H19ClN4O4. The molecule has 1 aliphatic heterocycles. The number of fused-ring (bicyclic) bond motifs is 1. The Morgan fingerprint density at radius 2 is 2.07 bits per heavy atom. The highest BCUT2D eigenvalue weighted by Gasteiger charge is 2.46. The van der Waals surface area contributed by atoms with E-state index >= 15 is 0 Å². The van der Waals surface area contributed by atoms with E-state index in [1.807, 2.05) is 24.3 Å². The van der Waals surface area contributed by atoms with Gasteiger partial charge in [-0.15, -0.1) is 0 Å². The molecule has 1 saturated heterocycles. The van der Waals surface area contributed by atoms with Gasteiger partial charge < -0.3 is 14.8 Å². The Morgan fingerprint density at radius 1 is 1.31 bits per heavy atom. The molecule has 2 N–H and O–H groups in total. The van der Waals surface area contributed by atoms with Crippen molar-refractivity contribution < 1.29 is 14.6 Å². The smallest absolute Gasteiger partial charge is 0.407 e. The lowest BCUT2D eigenvalue weighted by atomic mass is 9.78. The minimum absolute atomic E-state index is 0.256. The van der Waals surface area contributed by atoms with Crippen LogP contribution in [-0.4, -0.2) is 49.4 Å². The summed E-state index contributed by atoms with van der Waals surface area (Å²) in [4.78, 5) is 32.1. The average molecular weight is 415 g/mol.